The Labute approximate surface area is 442 Å². The second-order valence-electron chi connectivity index (χ2n) is 18.9. The monoisotopic (exact) mass is 1070 g/mol. The van der Waals surface area contributed by atoms with Gasteiger partial charge >= 0.3 is 0 Å². The summed E-state index contributed by atoms with van der Waals surface area (Å²) in [7, 11) is 0. The van der Waals surface area contributed by atoms with Crippen LogP contribution in [0.15, 0.2) is 29.3 Å². The van der Waals surface area contributed by atoms with Crippen molar-refractivity contribution in [2.45, 2.75) is 151 Å². The first-order chi connectivity index (χ1) is 36.3. The predicted octanol–water partition coefficient (Wildman–Crippen LogP) is -6.53. The van der Waals surface area contributed by atoms with Crippen molar-refractivity contribution in [3.63, 3.8) is 0 Å². The fourth-order valence-electron chi connectivity index (χ4n) is 8.87. The van der Waals surface area contributed by atoms with Crippen molar-refractivity contribution >= 4 is 59.1 Å². The smallest absolute Gasteiger partial charge is 0.264 e. The number of carbonyl (C=O) groups excluding carboxylic acids is 9. The van der Waals surface area contributed by atoms with Gasteiger partial charge in [0.15, 0.2) is 5.96 Å². The van der Waals surface area contributed by atoms with E-state index in [1.54, 1.807) is 0 Å². The average Bonchev–Trinajstić information content (AvgIpc) is 4.23. The highest BCUT2D eigenvalue weighted by Gasteiger charge is 2.40. The number of amides is 9. The Hall–Kier alpha value is -6.79. The summed E-state index contributed by atoms with van der Waals surface area (Å²) in [5, 5.41) is 28.9. The summed E-state index contributed by atoms with van der Waals surface area (Å²) < 4.78 is 0. The highest BCUT2D eigenvalue weighted by atomic mass is 16.3. The van der Waals surface area contributed by atoms with E-state index in [2.05, 4.69) is 52.2 Å². The number of rotatable bonds is 35. The van der Waals surface area contributed by atoms with Crippen LogP contribution in [-0.2, 0) is 49.6 Å². The van der Waals surface area contributed by atoms with Crippen LogP contribution in [0.4, 0.5) is 0 Å². The minimum atomic E-state index is -1.55. The van der Waals surface area contributed by atoms with Gasteiger partial charge in [-0.2, -0.15) is 0 Å². The van der Waals surface area contributed by atoms with Gasteiger partial charge in [0.1, 0.15) is 41.9 Å². The minimum Gasteiger partial charge on any atom is -0.389 e. The Morgan fingerprint density at radius 1 is 0.750 bits per heavy atom. The molecule has 0 aromatic carbocycles. The molecule has 2 heterocycles. The third-order valence-corrected chi connectivity index (χ3v) is 13.0. The highest BCUT2D eigenvalue weighted by molar-refractivity contribution is 6.00. The van der Waals surface area contributed by atoms with Crippen LogP contribution in [0.1, 0.15) is 102 Å². The number of aromatic nitrogens is 2. The fraction of sp³-hybridized carbons (Fsp3) is 0.681. The summed E-state index contributed by atoms with van der Waals surface area (Å²) in [6.45, 7) is 0.0554. The number of nitrogens with two attached hydrogens (primary N) is 8. The van der Waals surface area contributed by atoms with Crippen molar-refractivity contribution in [3.8, 4) is 0 Å². The van der Waals surface area contributed by atoms with Gasteiger partial charge in [0.2, 0.25) is 47.3 Å². The third-order valence-electron chi connectivity index (χ3n) is 13.0. The van der Waals surface area contributed by atoms with Gasteiger partial charge in [-0.1, -0.05) is 25.3 Å². The Morgan fingerprint density at radius 2 is 1.42 bits per heavy atom. The molecular formula is C47H83N19O10. The van der Waals surface area contributed by atoms with E-state index in [0.717, 1.165) is 12.8 Å². The van der Waals surface area contributed by atoms with Gasteiger partial charge in [-0.25, -0.2) is 4.98 Å². The van der Waals surface area contributed by atoms with Crippen LogP contribution < -0.4 is 83.1 Å². The normalized spacial score (nSPS) is 17.4. The molecule has 0 spiro atoms. The van der Waals surface area contributed by atoms with E-state index in [9.17, 15) is 48.3 Å². The molecule has 1 aliphatic carbocycles. The van der Waals surface area contributed by atoms with Gasteiger partial charge in [-0.3, -0.25) is 48.1 Å². The van der Waals surface area contributed by atoms with Crippen LogP contribution in [-0.4, -0.2) is 173 Å². The number of hydrogen-bond donors (Lipinski definition) is 17. The van der Waals surface area contributed by atoms with Gasteiger partial charge in [0.05, 0.1) is 25.0 Å². The molecule has 1 saturated carbocycles. The van der Waals surface area contributed by atoms with Crippen LogP contribution >= 0.6 is 0 Å². The summed E-state index contributed by atoms with van der Waals surface area (Å²) in [5.41, 5.74) is 45.2. The number of aliphatic hydroxyl groups is 1. The molecule has 25 N–H and O–H groups in total. The molecule has 29 nitrogen and oxygen atoms in total. The minimum absolute atomic E-state index is 0.0647. The zero-order chi connectivity index (χ0) is 56.2. The van der Waals surface area contributed by atoms with E-state index < -0.39 is 115 Å². The fourth-order valence-corrected chi connectivity index (χ4v) is 8.87. The standard InChI is InChI=1S/C47H83N19O10/c48-17-5-3-12-29(52)40(70)65-38(35(67)23-51)45(75)64-37(27-10-1-2-11-27)44(74)58-25-36(68)60-32(14-7-19-50)46(76)66-21-9-16-34(66)43(73)63-33(22-28-24-56-26-59-28)42(72)62-31(13-4-6-18-49)41(71)61-30(39(53)69)15-8-20-57-47(54)55/h15,24,26-27,29,31-35,37-38,67H,1-14,16-23,25,48-52H2,(H2,53,69)(H,56,59)(H,58,74)(H,60,68)(H,61,71)(H,62,72)(H,63,73)(H,64,75)(H,65,70)(H4,54,55,57)/b30-15-/t29?,31-,32+,33-,34-,35-,37?,38+/m0/s1. The van der Waals surface area contributed by atoms with E-state index >= 15 is 0 Å². The van der Waals surface area contributed by atoms with Crippen LogP contribution in [0.5, 0.6) is 0 Å². The van der Waals surface area contributed by atoms with Crippen LogP contribution in [0, 0.1) is 5.92 Å². The second-order valence-corrected chi connectivity index (χ2v) is 18.9. The van der Waals surface area contributed by atoms with Crippen molar-refractivity contribution in [1.82, 2.24) is 52.1 Å². The molecular weight excluding hydrogens is 991 g/mol. The molecule has 29 heteroatoms. The number of aromatic amines is 1. The molecule has 76 heavy (non-hydrogen) atoms. The lowest BCUT2D eigenvalue weighted by Gasteiger charge is -2.30. The Kier molecular flexibility index (Phi) is 28.4. The number of likely N-dealkylation sites (tertiary alicyclic amines) is 1. The number of imidazole rings is 1. The quantitative estimate of drug-likeness (QED) is 0.0130. The molecule has 1 saturated heterocycles. The number of H-pyrrole nitrogens is 1. The van der Waals surface area contributed by atoms with Gasteiger partial charge in [0, 0.05) is 37.9 Å². The average molecular weight is 1070 g/mol. The summed E-state index contributed by atoms with van der Waals surface area (Å²) in [6.07, 6.45) is 8.74. The first kappa shape index (κ1) is 63.5. The molecule has 1 aliphatic heterocycles. The maximum Gasteiger partial charge on any atom is 0.264 e. The maximum atomic E-state index is 14.3. The topological polar surface area (TPSA) is 511 Å². The molecule has 9 amide bonds. The number of guanidine groups is 1. The number of unbranched alkanes of at least 4 members (excludes halogenated alkanes) is 2. The lowest BCUT2D eigenvalue weighted by Crippen LogP contribution is -2.62. The highest BCUT2D eigenvalue weighted by Crippen LogP contribution is 2.28. The maximum absolute atomic E-state index is 14.3. The van der Waals surface area contributed by atoms with Crippen molar-refractivity contribution < 1.29 is 48.3 Å². The Balaban J connectivity index is 1.76. The van der Waals surface area contributed by atoms with E-state index in [1.807, 2.05) is 0 Å². The number of aliphatic imine (C=N–C) groups is 1. The van der Waals surface area contributed by atoms with Crippen molar-refractivity contribution in [2.75, 3.05) is 45.8 Å². The molecule has 426 valence electrons. The SMILES string of the molecule is NCCCCC(N)C(=O)N[C@@H](C(=O)NC(C(=O)NCC(=O)N[C@H](CCCN)C(=O)N1CCC[C@H]1C(=O)N[C@@H](Cc1cnc[nH]1)C(=O)N[C@@H](CCCCN)C(=O)N/C(=C\CCN=C(N)N)C(N)=O)C1CCCC1)[C@@H](O)CN. The first-order valence-corrected chi connectivity index (χ1v) is 26.0. The number of aliphatic hydroxyl groups excluding tert-OH is 1. The molecule has 0 bridgehead atoms. The van der Waals surface area contributed by atoms with Gasteiger partial charge in [0.25, 0.3) is 5.91 Å². The van der Waals surface area contributed by atoms with Crippen LogP contribution in [0.3, 0.4) is 0 Å². The molecule has 8 atom stereocenters. The number of primary amides is 1. The van der Waals surface area contributed by atoms with Gasteiger partial charge in [-0.05, 0) is 103 Å². The molecule has 2 unspecified atom stereocenters. The summed E-state index contributed by atoms with van der Waals surface area (Å²) in [4.78, 5) is 135. The molecule has 0 radical (unpaired) electrons. The van der Waals surface area contributed by atoms with E-state index in [1.165, 1.54) is 23.5 Å². The first-order valence-electron chi connectivity index (χ1n) is 26.0. The van der Waals surface area contributed by atoms with Crippen molar-refractivity contribution in [2.24, 2.45) is 56.8 Å². The number of nitrogens with one attached hydrogen (secondary N) is 8. The molecule has 1 aromatic heterocycles. The van der Waals surface area contributed by atoms with Gasteiger partial charge in [-0.15, -0.1) is 0 Å². The van der Waals surface area contributed by atoms with Crippen molar-refractivity contribution in [3.05, 3.63) is 30.0 Å². The molecule has 2 fully saturated rings. The third kappa shape index (κ3) is 21.4. The Bertz CT molecular complexity index is 2120. The number of nitrogens with zero attached hydrogens (tertiary/aromatic N) is 3. The number of hydrogen-bond acceptors (Lipinski definition) is 17. The molecule has 2 aliphatic rings. The van der Waals surface area contributed by atoms with Crippen LogP contribution in [0.2, 0.25) is 0 Å². The molecule has 1 aromatic rings. The van der Waals surface area contributed by atoms with E-state index in [0.29, 0.717) is 63.7 Å². The summed E-state index contributed by atoms with van der Waals surface area (Å²) in [6, 6.07) is -8.55. The van der Waals surface area contributed by atoms with E-state index in [-0.39, 0.29) is 82.2 Å². The number of carbonyl (C=O) groups is 9. The van der Waals surface area contributed by atoms with E-state index in [4.69, 9.17) is 45.9 Å². The van der Waals surface area contributed by atoms with Crippen LogP contribution in [0.25, 0.3) is 0 Å². The second kappa shape index (κ2) is 34.0. The zero-order valence-corrected chi connectivity index (χ0v) is 43.3. The largest absolute Gasteiger partial charge is 0.389 e. The summed E-state index contributed by atoms with van der Waals surface area (Å²) >= 11 is 0. The zero-order valence-electron chi connectivity index (χ0n) is 43.3. The summed E-state index contributed by atoms with van der Waals surface area (Å²) in [5.74, 6) is -7.40. The lowest BCUT2D eigenvalue weighted by atomic mass is 9.96. The Morgan fingerprint density at radius 3 is 2.04 bits per heavy atom. The molecule has 3 rings (SSSR count). The lowest BCUT2D eigenvalue weighted by molar-refractivity contribution is -0.142. The van der Waals surface area contributed by atoms with Crippen molar-refractivity contribution in [1.29, 1.82) is 0 Å². The van der Waals surface area contributed by atoms with Gasteiger partial charge < -0.3 is 98.1 Å². The predicted molar refractivity (Wildman–Crippen MR) is 279 cm³/mol.